The molecule has 4 rings (SSSR count). The Morgan fingerprint density at radius 2 is 2.00 bits per heavy atom. The maximum Gasteiger partial charge on any atom is 0.338 e. The molecule has 1 aromatic heterocycles. The second-order valence-corrected chi connectivity index (χ2v) is 7.90. The molecule has 156 valence electrons. The summed E-state index contributed by atoms with van der Waals surface area (Å²) in [6.07, 6.45) is 9.02. The van der Waals surface area contributed by atoms with Crippen LogP contribution in [0, 0.1) is 0 Å². The first-order valence-corrected chi connectivity index (χ1v) is 11.0. The number of hydrogen-bond acceptors (Lipinski definition) is 3. The van der Waals surface area contributed by atoms with E-state index < -0.39 is 0 Å². The number of carbonyl (C=O) groups excluding carboxylic acids is 1. The predicted octanol–water partition coefficient (Wildman–Crippen LogP) is 5.46. The number of aromatic amines is 1. The van der Waals surface area contributed by atoms with Gasteiger partial charge in [0.05, 0.1) is 12.2 Å². The Labute approximate surface area is 178 Å². The van der Waals surface area contributed by atoms with Crippen LogP contribution in [-0.4, -0.2) is 42.1 Å². The Hall–Kier alpha value is -2.85. The lowest BCUT2D eigenvalue weighted by Gasteiger charge is -2.26. The van der Waals surface area contributed by atoms with Crippen molar-refractivity contribution in [3.8, 4) is 0 Å². The van der Waals surface area contributed by atoms with Gasteiger partial charge in [-0.2, -0.15) is 0 Å². The summed E-state index contributed by atoms with van der Waals surface area (Å²) in [5, 5.41) is 1.21. The van der Waals surface area contributed by atoms with Gasteiger partial charge < -0.3 is 9.72 Å². The van der Waals surface area contributed by atoms with E-state index in [4.69, 9.17) is 4.74 Å². The average Bonchev–Trinajstić information content (AvgIpc) is 3.20. The van der Waals surface area contributed by atoms with E-state index in [-0.39, 0.29) is 5.97 Å². The summed E-state index contributed by atoms with van der Waals surface area (Å²) < 4.78 is 5.09. The molecule has 4 heteroatoms. The van der Waals surface area contributed by atoms with Crippen LogP contribution in [0.2, 0.25) is 0 Å². The average molecular weight is 403 g/mol. The number of fused-ring (bicyclic) bond motifs is 1. The molecule has 30 heavy (non-hydrogen) atoms. The lowest BCUT2D eigenvalue weighted by Crippen LogP contribution is -2.29. The number of rotatable bonds is 8. The number of benzene rings is 2. The molecule has 0 spiro atoms. The van der Waals surface area contributed by atoms with Crippen molar-refractivity contribution in [1.82, 2.24) is 9.88 Å². The first-order chi connectivity index (χ1) is 14.7. The number of unbranched alkanes of at least 4 members (excludes halogenated alkanes) is 1. The fraction of sp³-hybridized carbons (Fsp3) is 0.346. The molecule has 1 aliphatic rings. The summed E-state index contributed by atoms with van der Waals surface area (Å²) in [7, 11) is 0. The van der Waals surface area contributed by atoms with Gasteiger partial charge in [-0.1, -0.05) is 42.5 Å². The van der Waals surface area contributed by atoms with E-state index in [1.54, 1.807) is 0 Å². The Balaban J connectivity index is 1.26. The van der Waals surface area contributed by atoms with Gasteiger partial charge in [0.2, 0.25) is 0 Å². The highest BCUT2D eigenvalue weighted by Crippen LogP contribution is 2.24. The van der Waals surface area contributed by atoms with Crippen LogP contribution in [0.3, 0.4) is 0 Å². The molecule has 2 aromatic carbocycles. The Bertz CT molecular complexity index is 1020. The number of esters is 1. The number of aryl methyl sites for hydroxylation is 1. The maximum absolute atomic E-state index is 11.9. The maximum atomic E-state index is 11.9. The summed E-state index contributed by atoms with van der Waals surface area (Å²) in [6, 6.07) is 16.5. The van der Waals surface area contributed by atoms with Crippen molar-refractivity contribution in [2.24, 2.45) is 0 Å². The van der Waals surface area contributed by atoms with Gasteiger partial charge in [-0.3, -0.25) is 4.90 Å². The highest BCUT2D eigenvalue weighted by molar-refractivity contribution is 5.95. The Kier molecular flexibility index (Phi) is 6.65. The van der Waals surface area contributed by atoms with Crippen LogP contribution in [0.1, 0.15) is 47.7 Å². The van der Waals surface area contributed by atoms with Crippen LogP contribution in [0.15, 0.2) is 60.8 Å². The highest BCUT2D eigenvalue weighted by atomic mass is 16.5. The van der Waals surface area contributed by atoms with E-state index in [0.717, 1.165) is 38.0 Å². The van der Waals surface area contributed by atoms with Gasteiger partial charge in [0.15, 0.2) is 0 Å². The minimum Gasteiger partial charge on any atom is -0.462 e. The molecule has 0 aliphatic carbocycles. The number of carbonyl (C=O) groups is 1. The number of H-pyrrole nitrogens is 1. The smallest absolute Gasteiger partial charge is 0.338 e. The first-order valence-electron chi connectivity index (χ1n) is 11.0. The third-order valence-electron chi connectivity index (χ3n) is 5.89. The molecular weight excluding hydrogens is 372 g/mol. The van der Waals surface area contributed by atoms with Crippen LogP contribution in [0.4, 0.5) is 0 Å². The number of nitrogens with one attached hydrogen (secondary N) is 1. The Morgan fingerprint density at radius 3 is 2.77 bits per heavy atom. The van der Waals surface area contributed by atoms with Gasteiger partial charge in [-0.15, -0.1) is 0 Å². The minimum absolute atomic E-state index is 0.262. The van der Waals surface area contributed by atoms with Crippen molar-refractivity contribution in [3.63, 3.8) is 0 Å². The molecular formula is C26H30N2O2. The number of hydrogen-bond donors (Lipinski definition) is 1. The van der Waals surface area contributed by atoms with Gasteiger partial charge in [0.1, 0.15) is 0 Å². The van der Waals surface area contributed by atoms with Crippen molar-refractivity contribution in [2.45, 2.75) is 32.6 Å². The quantitative estimate of drug-likeness (QED) is 0.402. The number of ether oxygens (including phenoxy) is 1. The van der Waals surface area contributed by atoms with Crippen LogP contribution >= 0.6 is 0 Å². The normalized spacial score (nSPS) is 14.6. The van der Waals surface area contributed by atoms with Crippen LogP contribution in [-0.2, 0) is 11.2 Å². The fourth-order valence-corrected chi connectivity index (χ4v) is 4.21. The van der Waals surface area contributed by atoms with Crippen molar-refractivity contribution in [2.75, 3.05) is 26.2 Å². The van der Waals surface area contributed by atoms with E-state index in [2.05, 4.69) is 52.5 Å². The molecule has 0 saturated carbocycles. The first kappa shape index (κ1) is 20.4. The van der Waals surface area contributed by atoms with Crippen molar-refractivity contribution >= 4 is 22.4 Å². The summed E-state index contributed by atoms with van der Waals surface area (Å²) >= 11 is 0. The molecule has 0 saturated heterocycles. The van der Waals surface area contributed by atoms with Crippen molar-refractivity contribution in [3.05, 3.63) is 77.5 Å². The van der Waals surface area contributed by atoms with E-state index >= 15 is 0 Å². The highest BCUT2D eigenvalue weighted by Gasteiger charge is 2.13. The summed E-state index contributed by atoms with van der Waals surface area (Å²) in [6.45, 7) is 5.56. The summed E-state index contributed by atoms with van der Waals surface area (Å²) in [5.74, 6) is -0.262. The van der Waals surface area contributed by atoms with Crippen molar-refractivity contribution < 1.29 is 9.53 Å². The van der Waals surface area contributed by atoms with E-state index in [9.17, 15) is 4.79 Å². The van der Waals surface area contributed by atoms with Gasteiger partial charge in [-0.05, 0) is 68.0 Å². The van der Waals surface area contributed by atoms with Gasteiger partial charge >= 0.3 is 5.97 Å². The molecule has 0 fully saturated rings. The standard InChI is InChI=1S/C26H30N2O2/c1-2-30-26(29)22-11-12-24-23(19-27-25(24)18-22)10-6-7-15-28-16-13-21(14-17-28)20-8-4-3-5-9-20/h3-5,8-9,11-13,18-19,27H,2,6-7,10,14-17H2,1H3. The largest absolute Gasteiger partial charge is 0.462 e. The summed E-state index contributed by atoms with van der Waals surface area (Å²) in [5.41, 5.74) is 5.77. The van der Waals surface area contributed by atoms with Crippen molar-refractivity contribution in [1.29, 1.82) is 0 Å². The summed E-state index contributed by atoms with van der Waals surface area (Å²) in [4.78, 5) is 17.8. The van der Waals surface area contributed by atoms with Gasteiger partial charge in [0, 0.05) is 30.2 Å². The molecule has 0 amide bonds. The number of nitrogens with zero attached hydrogens (tertiary/aromatic N) is 1. The van der Waals surface area contributed by atoms with Gasteiger partial charge in [-0.25, -0.2) is 4.79 Å². The third-order valence-corrected chi connectivity index (χ3v) is 5.89. The molecule has 0 atom stereocenters. The zero-order valence-corrected chi connectivity index (χ0v) is 17.7. The lowest BCUT2D eigenvalue weighted by molar-refractivity contribution is 0.0526. The number of aromatic nitrogens is 1. The van der Waals surface area contributed by atoms with E-state index in [1.165, 1.54) is 34.9 Å². The monoisotopic (exact) mass is 402 g/mol. The SMILES string of the molecule is CCOC(=O)c1ccc2c(CCCCN3CC=C(c4ccccc4)CC3)c[nH]c2c1. The molecule has 2 heterocycles. The second-order valence-electron chi connectivity index (χ2n) is 7.90. The fourth-order valence-electron chi connectivity index (χ4n) is 4.21. The molecule has 1 aliphatic heterocycles. The zero-order chi connectivity index (χ0) is 20.8. The van der Waals surface area contributed by atoms with E-state index in [0.29, 0.717) is 12.2 Å². The zero-order valence-electron chi connectivity index (χ0n) is 17.7. The van der Waals surface area contributed by atoms with Crippen LogP contribution in [0.25, 0.3) is 16.5 Å². The molecule has 4 nitrogen and oxygen atoms in total. The minimum atomic E-state index is -0.262. The van der Waals surface area contributed by atoms with E-state index in [1.807, 2.05) is 25.1 Å². The molecule has 3 aromatic rings. The Morgan fingerprint density at radius 1 is 1.13 bits per heavy atom. The van der Waals surface area contributed by atoms with Crippen LogP contribution < -0.4 is 0 Å². The predicted molar refractivity (Wildman–Crippen MR) is 123 cm³/mol. The topological polar surface area (TPSA) is 45.3 Å². The van der Waals surface area contributed by atoms with Crippen LogP contribution in [0.5, 0.6) is 0 Å². The lowest BCUT2D eigenvalue weighted by atomic mass is 9.99. The second kappa shape index (κ2) is 9.77. The molecule has 0 unspecified atom stereocenters. The molecule has 0 bridgehead atoms. The molecule has 0 radical (unpaired) electrons. The van der Waals surface area contributed by atoms with Gasteiger partial charge in [0.25, 0.3) is 0 Å². The molecule has 1 N–H and O–H groups in total. The third kappa shape index (κ3) is 4.82.